The summed E-state index contributed by atoms with van der Waals surface area (Å²) >= 11 is 0. The monoisotopic (exact) mass is 300 g/mol. The van der Waals surface area contributed by atoms with Crippen molar-refractivity contribution in [2.45, 2.75) is 46.2 Å². The molecule has 1 fully saturated rings. The van der Waals surface area contributed by atoms with Crippen LogP contribution in [0, 0.1) is 5.41 Å². The number of hydrogen-bond donors (Lipinski definition) is 1. The van der Waals surface area contributed by atoms with Crippen molar-refractivity contribution >= 4 is 11.8 Å². The van der Waals surface area contributed by atoms with Crippen molar-refractivity contribution in [3.8, 4) is 0 Å². The Kier molecular flexibility index (Phi) is 6.61. The summed E-state index contributed by atoms with van der Waals surface area (Å²) in [5.41, 5.74) is -0.505. The van der Waals surface area contributed by atoms with Crippen LogP contribution in [0.2, 0.25) is 0 Å². The fourth-order valence-corrected chi connectivity index (χ4v) is 2.16. The van der Waals surface area contributed by atoms with Crippen molar-refractivity contribution < 1.29 is 19.1 Å². The average Bonchev–Trinajstić information content (AvgIpc) is 2.43. The Morgan fingerprint density at radius 3 is 2.67 bits per heavy atom. The van der Waals surface area contributed by atoms with E-state index in [0.29, 0.717) is 26.4 Å². The molecule has 0 spiro atoms. The maximum atomic E-state index is 12.5. The first-order chi connectivity index (χ1) is 9.77. The van der Waals surface area contributed by atoms with Crippen LogP contribution in [0.4, 0.5) is 0 Å². The average molecular weight is 300 g/mol. The van der Waals surface area contributed by atoms with E-state index < -0.39 is 11.5 Å². The van der Waals surface area contributed by atoms with Crippen molar-refractivity contribution in [2.24, 2.45) is 5.41 Å². The highest BCUT2D eigenvalue weighted by molar-refractivity contribution is 5.89. The minimum atomic E-state index is -0.528. The highest BCUT2D eigenvalue weighted by atomic mass is 16.5. The molecule has 0 saturated carbocycles. The van der Waals surface area contributed by atoms with E-state index in [9.17, 15) is 9.59 Å². The number of hydrogen-bond acceptors (Lipinski definition) is 4. The molecule has 2 unspecified atom stereocenters. The van der Waals surface area contributed by atoms with Gasteiger partial charge in [-0.25, -0.2) is 0 Å². The molecule has 1 N–H and O–H groups in total. The van der Waals surface area contributed by atoms with Gasteiger partial charge in [0.05, 0.1) is 19.3 Å². The number of ether oxygens (including phenoxy) is 2. The number of nitrogens with one attached hydrogen (secondary N) is 1. The molecule has 122 valence electrons. The summed E-state index contributed by atoms with van der Waals surface area (Å²) in [5.74, 6) is -0.179. The van der Waals surface area contributed by atoms with Gasteiger partial charge in [0, 0.05) is 25.7 Å². The highest BCUT2D eigenvalue weighted by Gasteiger charge is 2.32. The maximum Gasteiger partial charge on any atom is 0.245 e. The van der Waals surface area contributed by atoms with Gasteiger partial charge in [-0.3, -0.25) is 9.59 Å². The third-order valence-electron chi connectivity index (χ3n) is 3.57. The van der Waals surface area contributed by atoms with Gasteiger partial charge < -0.3 is 19.7 Å². The van der Waals surface area contributed by atoms with Crippen LogP contribution in [0.25, 0.3) is 0 Å². The van der Waals surface area contributed by atoms with Gasteiger partial charge in [0.25, 0.3) is 0 Å². The molecule has 0 aromatic rings. The molecule has 1 saturated heterocycles. The van der Waals surface area contributed by atoms with E-state index in [4.69, 9.17) is 9.47 Å². The third-order valence-corrected chi connectivity index (χ3v) is 3.57. The molecule has 21 heavy (non-hydrogen) atoms. The van der Waals surface area contributed by atoms with E-state index in [1.807, 2.05) is 20.8 Å². The second-order valence-corrected chi connectivity index (χ2v) is 6.49. The minimum Gasteiger partial charge on any atom is -0.385 e. The first-order valence-corrected chi connectivity index (χ1v) is 7.45. The van der Waals surface area contributed by atoms with Gasteiger partial charge in [0.2, 0.25) is 11.8 Å². The van der Waals surface area contributed by atoms with E-state index in [2.05, 4.69) is 5.32 Å². The largest absolute Gasteiger partial charge is 0.385 e. The first kappa shape index (κ1) is 17.9. The SMILES string of the molecule is COCCC1COCCN1C(=O)C(C)NC(=O)C(C)(C)C. The van der Waals surface area contributed by atoms with E-state index in [1.165, 1.54) is 0 Å². The molecule has 1 heterocycles. The van der Waals surface area contributed by atoms with Crippen LogP contribution in [0.1, 0.15) is 34.1 Å². The van der Waals surface area contributed by atoms with Crippen molar-refractivity contribution in [3.63, 3.8) is 0 Å². The molecule has 1 rings (SSSR count). The fraction of sp³-hybridized carbons (Fsp3) is 0.867. The predicted octanol–water partition coefficient (Wildman–Crippen LogP) is 0.801. The molecule has 1 aliphatic heterocycles. The molecule has 2 atom stereocenters. The lowest BCUT2D eigenvalue weighted by molar-refractivity contribution is -0.145. The summed E-state index contributed by atoms with van der Waals surface area (Å²) in [6, 6.07) is -0.514. The normalized spacial score (nSPS) is 21.0. The van der Waals surface area contributed by atoms with Gasteiger partial charge in [-0.05, 0) is 13.3 Å². The van der Waals surface area contributed by atoms with Crippen molar-refractivity contribution in [3.05, 3.63) is 0 Å². The van der Waals surface area contributed by atoms with Crippen LogP contribution >= 0.6 is 0 Å². The van der Waals surface area contributed by atoms with Crippen LogP contribution in [0.15, 0.2) is 0 Å². The summed E-state index contributed by atoms with van der Waals surface area (Å²) in [4.78, 5) is 26.3. The van der Waals surface area contributed by atoms with Crippen molar-refractivity contribution in [1.82, 2.24) is 10.2 Å². The topological polar surface area (TPSA) is 67.9 Å². The van der Waals surface area contributed by atoms with Crippen molar-refractivity contribution in [1.29, 1.82) is 0 Å². The molecule has 0 bridgehead atoms. The van der Waals surface area contributed by atoms with Gasteiger partial charge >= 0.3 is 0 Å². The Bertz CT molecular complexity index is 365. The van der Waals surface area contributed by atoms with E-state index in [1.54, 1.807) is 18.9 Å². The van der Waals surface area contributed by atoms with Gasteiger partial charge in [-0.15, -0.1) is 0 Å². The molecule has 2 amide bonds. The zero-order valence-electron chi connectivity index (χ0n) is 13.8. The Labute approximate surface area is 127 Å². The van der Waals surface area contributed by atoms with Crippen LogP contribution in [0.5, 0.6) is 0 Å². The maximum absolute atomic E-state index is 12.5. The lowest BCUT2D eigenvalue weighted by Gasteiger charge is -2.37. The molecule has 1 aliphatic rings. The molecular weight excluding hydrogens is 272 g/mol. The van der Waals surface area contributed by atoms with Gasteiger partial charge in [0.15, 0.2) is 0 Å². The Morgan fingerprint density at radius 1 is 1.43 bits per heavy atom. The third kappa shape index (κ3) is 5.28. The van der Waals surface area contributed by atoms with Crippen LogP contribution < -0.4 is 5.32 Å². The van der Waals surface area contributed by atoms with Crippen LogP contribution in [-0.4, -0.2) is 62.3 Å². The van der Waals surface area contributed by atoms with Gasteiger partial charge in [-0.2, -0.15) is 0 Å². The van der Waals surface area contributed by atoms with Gasteiger partial charge in [-0.1, -0.05) is 20.8 Å². The number of rotatable bonds is 5. The molecule has 0 radical (unpaired) electrons. The number of carbonyl (C=O) groups excluding carboxylic acids is 2. The predicted molar refractivity (Wildman–Crippen MR) is 79.9 cm³/mol. The first-order valence-electron chi connectivity index (χ1n) is 7.45. The van der Waals surface area contributed by atoms with Crippen LogP contribution in [-0.2, 0) is 19.1 Å². The summed E-state index contributed by atoms with van der Waals surface area (Å²) in [7, 11) is 1.64. The quantitative estimate of drug-likeness (QED) is 0.815. The zero-order valence-corrected chi connectivity index (χ0v) is 13.8. The number of methoxy groups -OCH3 is 1. The summed E-state index contributed by atoms with van der Waals surface area (Å²) in [6.07, 6.45) is 0.738. The molecular formula is C15H28N2O4. The summed E-state index contributed by atoms with van der Waals surface area (Å²) in [6.45, 7) is 9.42. The molecule has 0 aromatic carbocycles. The van der Waals surface area contributed by atoms with Crippen LogP contribution in [0.3, 0.4) is 0 Å². The highest BCUT2D eigenvalue weighted by Crippen LogP contribution is 2.15. The molecule has 6 nitrogen and oxygen atoms in total. The van der Waals surface area contributed by atoms with E-state index in [-0.39, 0.29) is 17.9 Å². The lowest BCUT2D eigenvalue weighted by Crippen LogP contribution is -2.56. The van der Waals surface area contributed by atoms with Crippen molar-refractivity contribution in [2.75, 3.05) is 33.5 Å². The smallest absolute Gasteiger partial charge is 0.245 e. The fourth-order valence-electron chi connectivity index (χ4n) is 2.16. The Balaban J connectivity index is 2.63. The zero-order chi connectivity index (χ0) is 16.0. The number of morpholine rings is 1. The van der Waals surface area contributed by atoms with E-state index in [0.717, 1.165) is 6.42 Å². The number of nitrogens with zero attached hydrogens (tertiary/aromatic N) is 1. The second-order valence-electron chi connectivity index (χ2n) is 6.49. The molecule has 0 aromatic heterocycles. The Hall–Kier alpha value is -1.14. The summed E-state index contributed by atoms with van der Waals surface area (Å²) in [5, 5.41) is 2.79. The minimum absolute atomic E-state index is 0.0141. The van der Waals surface area contributed by atoms with Gasteiger partial charge in [0.1, 0.15) is 6.04 Å². The standard InChI is InChI=1S/C15H28N2O4/c1-11(16-14(19)15(2,3)4)13(18)17-7-9-21-10-12(17)6-8-20-5/h11-12H,6-10H2,1-5H3,(H,16,19). The number of carbonyl (C=O) groups is 2. The second kappa shape index (κ2) is 7.75. The molecule has 6 heteroatoms. The Morgan fingerprint density at radius 2 is 2.10 bits per heavy atom. The summed E-state index contributed by atoms with van der Waals surface area (Å²) < 4.78 is 10.5. The number of amides is 2. The molecule has 0 aliphatic carbocycles. The lowest BCUT2D eigenvalue weighted by atomic mass is 9.95. The van der Waals surface area contributed by atoms with E-state index >= 15 is 0 Å².